The Bertz CT molecular complexity index is 855. The minimum atomic E-state index is -0.943. The van der Waals surface area contributed by atoms with E-state index < -0.39 is 11.9 Å². The molecule has 0 amide bonds. The molecule has 0 radical (unpaired) electrons. The molecule has 0 unspecified atom stereocenters. The molecule has 0 heterocycles. The van der Waals surface area contributed by atoms with Gasteiger partial charge in [-0.05, 0) is 97.7 Å². The number of benzene rings is 2. The third-order valence-corrected chi connectivity index (χ3v) is 4.95. The molecule has 0 bridgehead atoms. The second-order valence-electron chi connectivity index (χ2n) is 6.92. The van der Waals surface area contributed by atoms with Gasteiger partial charge in [-0.25, -0.2) is 9.59 Å². The van der Waals surface area contributed by atoms with Gasteiger partial charge in [0.25, 0.3) is 0 Å². The smallest absolute Gasteiger partial charge is 0.335 e. The zero-order valence-corrected chi connectivity index (χ0v) is 16.1. The highest BCUT2D eigenvalue weighted by Gasteiger charge is 2.21. The Balaban J connectivity index is 2.78. The topological polar surface area (TPSA) is 74.6 Å². The van der Waals surface area contributed by atoms with Crippen molar-refractivity contribution in [3.05, 3.63) is 57.1 Å². The first-order valence-corrected chi connectivity index (χ1v) is 8.90. The molecule has 26 heavy (non-hydrogen) atoms. The summed E-state index contributed by atoms with van der Waals surface area (Å²) in [6.07, 6.45) is 2.65. The highest BCUT2D eigenvalue weighted by atomic mass is 16.4. The molecule has 4 nitrogen and oxygen atoms in total. The van der Waals surface area contributed by atoms with Crippen LogP contribution in [0.2, 0.25) is 0 Å². The quantitative estimate of drug-likeness (QED) is 0.735. The van der Waals surface area contributed by atoms with Crippen LogP contribution < -0.4 is 0 Å². The third-order valence-electron chi connectivity index (χ3n) is 4.95. The van der Waals surface area contributed by atoms with E-state index in [4.69, 9.17) is 0 Å². The van der Waals surface area contributed by atoms with Gasteiger partial charge in [0.2, 0.25) is 0 Å². The van der Waals surface area contributed by atoms with E-state index in [2.05, 4.69) is 6.92 Å². The Labute approximate surface area is 154 Å². The van der Waals surface area contributed by atoms with Gasteiger partial charge in [0.15, 0.2) is 0 Å². The molecule has 0 aliphatic rings. The van der Waals surface area contributed by atoms with Crippen LogP contribution in [0.5, 0.6) is 0 Å². The van der Waals surface area contributed by atoms with Crippen molar-refractivity contribution in [3.8, 4) is 11.1 Å². The van der Waals surface area contributed by atoms with Gasteiger partial charge in [-0.2, -0.15) is 0 Å². The minimum Gasteiger partial charge on any atom is -0.478 e. The molecule has 138 valence electrons. The molecular formula is C22H26O4. The predicted octanol–water partition coefficient (Wildman–Crippen LogP) is 5.33. The summed E-state index contributed by atoms with van der Waals surface area (Å²) < 4.78 is 0. The van der Waals surface area contributed by atoms with Gasteiger partial charge >= 0.3 is 11.9 Å². The molecule has 2 aromatic carbocycles. The minimum absolute atomic E-state index is 0.271. The first-order valence-electron chi connectivity index (χ1n) is 8.90. The molecule has 0 saturated carbocycles. The monoisotopic (exact) mass is 354 g/mol. The highest BCUT2D eigenvalue weighted by Crippen LogP contribution is 2.37. The Morgan fingerprint density at radius 1 is 0.846 bits per heavy atom. The molecule has 2 rings (SSSR count). The van der Waals surface area contributed by atoms with Crippen LogP contribution >= 0.6 is 0 Å². The van der Waals surface area contributed by atoms with Gasteiger partial charge in [-0.3, -0.25) is 0 Å². The fourth-order valence-corrected chi connectivity index (χ4v) is 3.76. The Kier molecular flexibility index (Phi) is 5.86. The Morgan fingerprint density at radius 3 is 1.85 bits per heavy atom. The van der Waals surface area contributed by atoms with Crippen LogP contribution in [-0.4, -0.2) is 22.2 Å². The zero-order valence-electron chi connectivity index (χ0n) is 16.1. The lowest BCUT2D eigenvalue weighted by Crippen LogP contribution is -2.09. The van der Waals surface area contributed by atoms with Crippen LogP contribution in [0.1, 0.15) is 68.3 Å². The first kappa shape index (κ1) is 19.7. The van der Waals surface area contributed by atoms with Crippen molar-refractivity contribution in [2.24, 2.45) is 0 Å². The van der Waals surface area contributed by atoms with E-state index in [1.165, 1.54) is 0 Å². The van der Waals surface area contributed by atoms with E-state index in [1.807, 2.05) is 27.7 Å². The van der Waals surface area contributed by atoms with Crippen LogP contribution in [0, 0.1) is 27.7 Å². The average molecular weight is 354 g/mol. The zero-order chi connectivity index (χ0) is 19.6. The molecule has 0 aromatic heterocycles. The maximum atomic E-state index is 11.7. The molecule has 0 spiro atoms. The standard InChI is InChI=1S/C22H26O4/c1-6-7-8-17-15(5)20(14(4)11-18(17)22(25)26)19-12(2)9-16(21(23)24)10-13(19)3/h9-11H,6-8H2,1-5H3,(H,23,24)(H,25,26). The van der Waals surface area contributed by atoms with E-state index in [1.54, 1.807) is 18.2 Å². The molecule has 4 heteroatoms. The summed E-state index contributed by atoms with van der Waals surface area (Å²) in [4.78, 5) is 23.0. The van der Waals surface area contributed by atoms with Crippen LogP contribution in [0.25, 0.3) is 11.1 Å². The number of carboxylic acids is 2. The summed E-state index contributed by atoms with van der Waals surface area (Å²) in [5.41, 5.74) is 7.19. The maximum absolute atomic E-state index is 11.7. The first-order chi connectivity index (χ1) is 12.2. The molecule has 0 fully saturated rings. The van der Waals surface area contributed by atoms with Crippen molar-refractivity contribution in [2.75, 3.05) is 0 Å². The van der Waals surface area contributed by atoms with Crippen LogP contribution in [0.4, 0.5) is 0 Å². The van der Waals surface area contributed by atoms with E-state index in [9.17, 15) is 19.8 Å². The van der Waals surface area contributed by atoms with Gasteiger partial charge < -0.3 is 10.2 Å². The van der Waals surface area contributed by atoms with Gasteiger partial charge in [-0.1, -0.05) is 13.3 Å². The SMILES string of the molecule is CCCCc1c(C(=O)O)cc(C)c(-c2c(C)cc(C(=O)O)cc2C)c1C. The van der Waals surface area contributed by atoms with Crippen molar-refractivity contribution < 1.29 is 19.8 Å². The van der Waals surface area contributed by atoms with Crippen molar-refractivity contribution in [2.45, 2.75) is 53.9 Å². The van der Waals surface area contributed by atoms with Crippen molar-refractivity contribution >= 4 is 11.9 Å². The molecule has 0 atom stereocenters. The van der Waals surface area contributed by atoms with E-state index in [0.29, 0.717) is 5.56 Å². The van der Waals surface area contributed by atoms with E-state index in [0.717, 1.165) is 58.2 Å². The van der Waals surface area contributed by atoms with E-state index >= 15 is 0 Å². The molecule has 2 N–H and O–H groups in total. The number of hydrogen-bond donors (Lipinski definition) is 2. The molecule has 2 aromatic rings. The lowest BCUT2D eigenvalue weighted by Gasteiger charge is -2.21. The molecular weight excluding hydrogens is 328 g/mol. The van der Waals surface area contributed by atoms with Crippen LogP contribution in [0.3, 0.4) is 0 Å². The lowest BCUT2D eigenvalue weighted by molar-refractivity contribution is 0.0685. The summed E-state index contributed by atoms with van der Waals surface area (Å²) >= 11 is 0. The number of aromatic carboxylic acids is 2. The van der Waals surface area contributed by atoms with Gasteiger partial charge in [0.05, 0.1) is 11.1 Å². The van der Waals surface area contributed by atoms with Crippen LogP contribution in [-0.2, 0) is 6.42 Å². The largest absolute Gasteiger partial charge is 0.478 e. The number of aryl methyl sites for hydroxylation is 3. The van der Waals surface area contributed by atoms with E-state index in [-0.39, 0.29) is 5.56 Å². The number of unbranched alkanes of at least 4 members (excludes halogenated alkanes) is 1. The highest BCUT2D eigenvalue weighted by molar-refractivity contribution is 5.94. The Hall–Kier alpha value is -2.62. The molecule has 0 saturated heterocycles. The van der Waals surface area contributed by atoms with Crippen LogP contribution in [0.15, 0.2) is 18.2 Å². The van der Waals surface area contributed by atoms with Gasteiger partial charge in [0.1, 0.15) is 0 Å². The lowest BCUT2D eigenvalue weighted by atomic mass is 9.83. The second kappa shape index (κ2) is 7.73. The summed E-state index contributed by atoms with van der Waals surface area (Å²) in [6, 6.07) is 5.11. The van der Waals surface area contributed by atoms with Crippen molar-refractivity contribution in [1.29, 1.82) is 0 Å². The number of rotatable bonds is 6. The summed E-state index contributed by atoms with van der Waals surface area (Å²) in [5.74, 6) is -1.84. The average Bonchev–Trinajstić information content (AvgIpc) is 2.55. The molecule has 0 aliphatic heterocycles. The van der Waals surface area contributed by atoms with Crippen molar-refractivity contribution in [3.63, 3.8) is 0 Å². The second-order valence-corrected chi connectivity index (χ2v) is 6.92. The number of hydrogen-bond acceptors (Lipinski definition) is 2. The third kappa shape index (κ3) is 3.64. The maximum Gasteiger partial charge on any atom is 0.335 e. The normalized spacial score (nSPS) is 10.8. The fraction of sp³-hybridized carbons (Fsp3) is 0.364. The number of carboxylic acid groups (broad SMARTS) is 2. The van der Waals surface area contributed by atoms with Gasteiger partial charge in [0, 0.05) is 0 Å². The number of carbonyl (C=O) groups is 2. The van der Waals surface area contributed by atoms with Crippen molar-refractivity contribution in [1.82, 2.24) is 0 Å². The predicted molar refractivity (Wildman–Crippen MR) is 103 cm³/mol. The van der Waals surface area contributed by atoms with Gasteiger partial charge in [-0.15, -0.1) is 0 Å². The Morgan fingerprint density at radius 2 is 1.38 bits per heavy atom. The summed E-state index contributed by atoms with van der Waals surface area (Å²) in [5, 5.41) is 18.9. The fourth-order valence-electron chi connectivity index (χ4n) is 3.76. The molecule has 0 aliphatic carbocycles. The summed E-state index contributed by atoms with van der Waals surface area (Å²) in [7, 11) is 0. The summed E-state index contributed by atoms with van der Waals surface area (Å²) in [6.45, 7) is 9.80.